The Labute approximate surface area is 109 Å². The Morgan fingerprint density at radius 2 is 2.17 bits per heavy atom. The van der Waals surface area contributed by atoms with Crippen molar-refractivity contribution >= 4 is 5.69 Å². The van der Waals surface area contributed by atoms with Crippen molar-refractivity contribution in [2.24, 2.45) is 5.92 Å². The molecule has 0 bridgehead atoms. The van der Waals surface area contributed by atoms with Gasteiger partial charge in [0.1, 0.15) is 5.82 Å². The molecule has 1 aliphatic carbocycles. The van der Waals surface area contributed by atoms with Gasteiger partial charge in [0, 0.05) is 18.3 Å². The minimum Gasteiger partial charge on any atom is -0.398 e. The summed E-state index contributed by atoms with van der Waals surface area (Å²) < 4.78 is 13.2. The quantitative estimate of drug-likeness (QED) is 0.833. The third-order valence-corrected chi connectivity index (χ3v) is 4.06. The second kappa shape index (κ2) is 5.70. The smallest absolute Gasteiger partial charge is 0.123 e. The molecule has 2 unspecified atom stereocenters. The second-order valence-electron chi connectivity index (χ2n) is 5.68. The summed E-state index contributed by atoms with van der Waals surface area (Å²) in [7, 11) is 2.12. The van der Waals surface area contributed by atoms with Gasteiger partial charge < -0.3 is 5.73 Å². The van der Waals surface area contributed by atoms with E-state index in [0.29, 0.717) is 11.7 Å². The monoisotopic (exact) mass is 250 g/mol. The average molecular weight is 250 g/mol. The number of nitrogens with two attached hydrogens (primary N) is 1. The van der Waals surface area contributed by atoms with Gasteiger partial charge in [-0.15, -0.1) is 0 Å². The first kappa shape index (κ1) is 13.3. The Morgan fingerprint density at radius 3 is 2.89 bits per heavy atom. The summed E-state index contributed by atoms with van der Waals surface area (Å²) in [5.74, 6) is 0.598. The fourth-order valence-corrected chi connectivity index (χ4v) is 2.91. The Morgan fingerprint density at radius 1 is 1.39 bits per heavy atom. The van der Waals surface area contributed by atoms with Crippen molar-refractivity contribution in [1.29, 1.82) is 0 Å². The molecular formula is C15H23FN2. The summed E-state index contributed by atoms with van der Waals surface area (Å²) in [6, 6.07) is 5.23. The first-order valence-electron chi connectivity index (χ1n) is 6.80. The van der Waals surface area contributed by atoms with Crippen LogP contribution in [0.1, 0.15) is 38.2 Å². The van der Waals surface area contributed by atoms with E-state index in [1.807, 2.05) is 0 Å². The van der Waals surface area contributed by atoms with E-state index >= 15 is 0 Å². The first-order valence-corrected chi connectivity index (χ1v) is 6.80. The molecule has 0 saturated heterocycles. The minimum absolute atomic E-state index is 0.204. The van der Waals surface area contributed by atoms with Crippen molar-refractivity contribution in [3.63, 3.8) is 0 Å². The van der Waals surface area contributed by atoms with Crippen LogP contribution in [0.25, 0.3) is 0 Å². The maximum Gasteiger partial charge on any atom is 0.123 e. The molecule has 0 radical (unpaired) electrons. The van der Waals surface area contributed by atoms with Gasteiger partial charge in [-0.2, -0.15) is 0 Å². The van der Waals surface area contributed by atoms with Crippen LogP contribution in [0.2, 0.25) is 0 Å². The molecule has 2 N–H and O–H groups in total. The predicted octanol–water partition coefficient (Wildman–Crippen LogP) is 3.42. The number of anilines is 1. The van der Waals surface area contributed by atoms with Crippen LogP contribution in [0.4, 0.5) is 10.1 Å². The molecule has 1 fully saturated rings. The van der Waals surface area contributed by atoms with Crippen LogP contribution in [-0.4, -0.2) is 18.0 Å². The number of hydrogen-bond donors (Lipinski definition) is 1. The normalized spacial score (nSPS) is 24.4. The Kier molecular flexibility index (Phi) is 4.23. The lowest BCUT2D eigenvalue weighted by molar-refractivity contribution is 0.158. The molecule has 0 aromatic heterocycles. The lowest BCUT2D eigenvalue weighted by atomic mass is 9.86. The van der Waals surface area contributed by atoms with E-state index in [1.165, 1.54) is 31.7 Å². The largest absolute Gasteiger partial charge is 0.398 e. The fourth-order valence-electron chi connectivity index (χ4n) is 2.91. The Bertz CT molecular complexity index is 405. The zero-order chi connectivity index (χ0) is 13.1. The lowest BCUT2D eigenvalue weighted by Gasteiger charge is -2.34. The first-order chi connectivity index (χ1) is 8.56. The van der Waals surface area contributed by atoms with Crippen molar-refractivity contribution in [2.45, 2.75) is 45.2 Å². The SMILES string of the molecule is CC1CCCC(N(C)Cc2cc(F)ccc2N)C1. The van der Waals surface area contributed by atoms with Crippen molar-refractivity contribution in [1.82, 2.24) is 4.90 Å². The molecule has 0 spiro atoms. The fraction of sp³-hybridized carbons (Fsp3) is 0.600. The maximum atomic E-state index is 13.2. The van der Waals surface area contributed by atoms with Gasteiger partial charge in [0.05, 0.1) is 0 Å². The van der Waals surface area contributed by atoms with Gasteiger partial charge in [0.2, 0.25) is 0 Å². The van der Waals surface area contributed by atoms with Gasteiger partial charge in [-0.1, -0.05) is 19.8 Å². The minimum atomic E-state index is -0.204. The van der Waals surface area contributed by atoms with Crippen LogP contribution in [0.15, 0.2) is 18.2 Å². The van der Waals surface area contributed by atoms with Gasteiger partial charge in [-0.25, -0.2) is 4.39 Å². The molecule has 18 heavy (non-hydrogen) atoms. The number of halogens is 1. The highest BCUT2D eigenvalue weighted by molar-refractivity contribution is 5.46. The van der Waals surface area contributed by atoms with E-state index in [2.05, 4.69) is 18.9 Å². The van der Waals surface area contributed by atoms with E-state index in [4.69, 9.17) is 5.73 Å². The molecule has 2 atom stereocenters. The standard InChI is InChI=1S/C15H23FN2/c1-11-4-3-5-14(8-11)18(2)10-12-9-13(16)6-7-15(12)17/h6-7,9,11,14H,3-5,8,10,17H2,1-2H3. The molecule has 100 valence electrons. The van der Waals surface area contributed by atoms with Crippen molar-refractivity contribution in [2.75, 3.05) is 12.8 Å². The summed E-state index contributed by atoms with van der Waals surface area (Å²) in [6.07, 6.45) is 5.13. The molecule has 1 aromatic carbocycles. The molecule has 2 rings (SSSR count). The molecular weight excluding hydrogens is 227 g/mol. The number of hydrogen-bond acceptors (Lipinski definition) is 2. The van der Waals surface area contributed by atoms with Crippen LogP contribution >= 0.6 is 0 Å². The zero-order valence-electron chi connectivity index (χ0n) is 11.3. The highest BCUT2D eigenvalue weighted by atomic mass is 19.1. The topological polar surface area (TPSA) is 29.3 Å². The third-order valence-electron chi connectivity index (χ3n) is 4.06. The van der Waals surface area contributed by atoms with Crippen LogP contribution in [0, 0.1) is 11.7 Å². The van der Waals surface area contributed by atoms with E-state index in [0.717, 1.165) is 18.0 Å². The van der Waals surface area contributed by atoms with Gasteiger partial charge in [0.25, 0.3) is 0 Å². The highest BCUT2D eigenvalue weighted by Crippen LogP contribution is 2.28. The number of nitrogen functional groups attached to an aromatic ring is 1. The van der Waals surface area contributed by atoms with Crippen LogP contribution < -0.4 is 5.73 Å². The number of benzene rings is 1. The molecule has 1 saturated carbocycles. The van der Waals surface area contributed by atoms with Crippen LogP contribution in [0.5, 0.6) is 0 Å². The maximum absolute atomic E-state index is 13.2. The Hall–Kier alpha value is -1.09. The summed E-state index contributed by atoms with van der Waals surface area (Å²) >= 11 is 0. The van der Waals surface area contributed by atoms with Gasteiger partial charge in [-0.3, -0.25) is 4.90 Å². The van der Waals surface area contributed by atoms with Crippen LogP contribution in [-0.2, 0) is 6.54 Å². The van der Waals surface area contributed by atoms with Gasteiger partial charge in [0.15, 0.2) is 0 Å². The number of rotatable bonds is 3. The second-order valence-corrected chi connectivity index (χ2v) is 5.68. The molecule has 0 aliphatic heterocycles. The highest BCUT2D eigenvalue weighted by Gasteiger charge is 2.22. The number of nitrogens with zero attached hydrogens (tertiary/aromatic N) is 1. The van der Waals surface area contributed by atoms with E-state index in [9.17, 15) is 4.39 Å². The summed E-state index contributed by atoms with van der Waals surface area (Å²) in [5, 5.41) is 0. The van der Waals surface area contributed by atoms with E-state index < -0.39 is 0 Å². The van der Waals surface area contributed by atoms with Gasteiger partial charge >= 0.3 is 0 Å². The van der Waals surface area contributed by atoms with Crippen LogP contribution in [0.3, 0.4) is 0 Å². The molecule has 3 heteroatoms. The predicted molar refractivity (Wildman–Crippen MR) is 73.7 cm³/mol. The van der Waals surface area contributed by atoms with E-state index in [-0.39, 0.29) is 5.82 Å². The Balaban J connectivity index is 2.01. The molecule has 0 amide bonds. The molecule has 1 aliphatic rings. The molecule has 0 heterocycles. The van der Waals surface area contributed by atoms with Crippen molar-refractivity contribution in [3.05, 3.63) is 29.6 Å². The summed E-state index contributed by atoms with van der Waals surface area (Å²) in [6.45, 7) is 3.05. The van der Waals surface area contributed by atoms with E-state index in [1.54, 1.807) is 12.1 Å². The summed E-state index contributed by atoms with van der Waals surface area (Å²) in [4.78, 5) is 2.32. The third kappa shape index (κ3) is 3.22. The van der Waals surface area contributed by atoms with Crippen molar-refractivity contribution < 1.29 is 4.39 Å². The van der Waals surface area contributed by atoms with Crippen molar-refractivity contribution in [3.8, 4) is 0 Å². The average Bonchev–Trinajstić information content (AvgIpc) is 2.34. The lowest BCUT2D eigenvalue weighted by Crippen LogP contribution is -2.35. The molecule has 1 aromatic rings. The molecule has 2 nitrogen and oxygen atoms in total. The summed E-state index contributed by atoms with van der Waals surface area (Å²) in [5.41, 5.74) is 7.49. The van der Waals surface area contributed by atoms with Gasteiger partial charge in [-0.05, 0) is 49.6 Å². The zero-order valence-corrected chi connectivity index (χ0v) is 11.3.